The summed E-state index contributed by atoms with van der Waals surface area (Å²) in [6.07, 6.45) is -11.2. The number of nitrogens with one attached hydrogen (secondary N) is 2. The highest BCUT2D eigenvalue weighted by molar-refractivity contribution is 8.00. The third-order valence-electron chi connectivity index (χ3n) is 11.0. The van der Waals surface area contributed by atoms with E-state index in [4.69, 9.17) is 25.8 Å². The van der Waals surface area contributed by atoms with Crippen LogP contribution in [0.25, 0.3) is 0 Å². The zero-order valence-corrected chi connectivity index (χ0v) is 37.9. The number of aliphatic hydroxyl groups excluding tert-OH is 7. The number of carbonyl (C=O) groups excluding carboxylic acids is 4. The number of nitrogens with two attached hydrogens (primary N) is 2. The molecule has 3 aliphatic rings. The predicted octanol–water partition coefficient (Wildman–Crippen LogP) is -6.17. The van der Waals surface area contributed by atoms with Gasteiger partial charge in [-0.15, -0.1) is 21.1 Å². The van der Waals surface area contributed by atoms with Crippen molar-refractivity contribution < 1.29 is 88.9 Å². The van der Waals surface area contributed by atoms with Crippen molar-refractivity contribution in [3.63, 3.8) is 0 Å². The number of urea groups is 1. The zero-order chi connectivity index (χ0) is 49.7. The van der Waals surface area contributed by atoms with E-state index in [1.54, 1.807) is 0 Å². The Balaban J connectivity index is 1.17. The maximum Gasteiger partial charge on any atom is 0.350 e. The predicted molar refractivity (Wildman–Crippen MR) is 229 cm³/mol. The first kappa shape index (κ1) is 52.6. The van der Waals surface area contributed by atoms with E-state index in [0.29, 0.717) is 0 Å². The Bertz CT molecular complexity index is 2250. The molecule has 0 radical (unpaired) electrons. The Morgan fingerprint density at radius 3 is 2.49 bits per heavy atom. The third-order valence-corrected chi connectivity index (χ3v) is 13.0. The fraction of sp³-hybridized carbons (Fsp3) is 0.622. The monoisotopic (exact) mass is 987 g/mol. The van der Waals surface area contributed by atoms with Gasteiger partial charge in [-0.2, -0.15) is 9.36 Å². The molecule has 67 heavy (non-hydrogen) atoms. The summed E-state index contributed by atoms with van der Waals surface area (Å²) in [7, 11) is 1.53. The summed E-state index contributed by atoms with van der Waals surface area (Å²) in [5, 5.41) is 101. The summed E-state index contributed by atoms with van der Waals surface area (Å²) in [5.41, 5.74) is 9.51. The molecule has 5 rings (SSSR count). The van der Waals surface area contributed by atoms with E-state index < -0.39 is 133 Å². The molecule has 2 aromatic heterocycles. The molecule has 5 heterocycles. The number of carboxylic acid groups (broad SMARTS) is 2. The number of aliphatic hydroxyl groups is 7. The van der Waals surface area contributed by atoms with Crippen LogP contribution in [-0.4, -0.2) is 193 Å². The second-order valence-electron chi connectivity index (χ2n) is 16.1. The first-order valence-electron chi connectivity index (χ1n) is 20.4. The molecule has 3 aliphatic heterocycles. The lowest BCUT2D eigenvalue weighted by Crippen LogP contribution is -2.63. The molecule has 0 spiro atoms. The number of carbonyl (C=O) groups is 5. The number of thioether (sulfide) groups is 1. The molecule has 370 valence electrons. The number of rotatable bonds is 22. The smallest absolute Gasteiger partial charge is 0.350 e. The highest BCUT2D eigenvalue weighted by Crippen LogP contribution is 2.45. The Morgan fingerprint density at radius 1 is 1.18 bits per heavy atom. The normalized spacial score (nSPS) is 25.2. The number of hydrogen-bond donors (Lipinski definition) is 12. The first-order chi connectivity index (χ1) is 31.5. The molecule has 2 fully saturated rings. The van der Waals surface area contributed by atoms with Gasteiger partial charge in [0.2, 0.25) is 23.5 Å². The van der Waals surface area contributed by atoms with E-state index >= 15 is 0 Å². The van der Waals surface area contributed by atoms with Gasteiger partial charge >= 0.3 is 12.0 Å². The van der Waals surface area contributed by atoms with Crippen LogP contribution in [-0.2, 0) is 47.1 Å². The number of nitrogen functional groups attached to an aromatic ring is 2. The van der Waals surface area contributed by atoms with Crippen LogP contribution in [0.2, 0.25) is 0 Å². The number of aromatic nitrogens is 4. The molecule has 9 unspecified atom stereocenters. The topological polar surface area (TPSA) is 437 Å². The molecule has 2 aromatic rings. The van der Waals surface area contributed by atoms with Crippen molar-refractivity contribution in [1.29, 1.82) is 0 Å². The zero-order valence-electron chi connectivity index (χ0n) is 36.3. The molecule has 3 amide bonds. The number of nitrogens with zero attached hydrogens (tertiary/aromatic N) is 7. The quantitative estimate of drug-likeness (QED) is 0.0172. The van der Waals surface area contributed by atoms with Gasteiger partial charge in [0.15, 0.2) is 41.0 Å². The summed E-state index contributed by atoms with van der Waals surface area (Å²) < 4.78 is 17.8. The van der Waals surface area contributed by atoms with Crippen molar-refractivity contribution in [2.75, 3.05) is 48.8 Å². The summed E-state index contributed by atoms with van der Waals surface area (Å²) in [6.45, 7) is 2.03. The second kappa shape index (κ2) is 22.1. The minimum atomic E-state index is -1.95. The molecular weight excluding hydrogens is 935 g/mol. The van der Waals surface area contributed by atoms with Gasteiger partial charge in [0.25, 0.3) is 0 Å². The van der Waals surface area contributed by atoms with Gasteiger partial charge in [0.05, 0.1) is 62.0 Å². The second-order valence-corrected chi connectivity index (χ2v) is 18.0. The van der Waals surface area contributed by atoms with Crippen LogP contribution in [0.15, 0.2) is 27.6 Å². The number of hydrogen-bond acceptors (Lipinski definition) is 24. The largest absolute Gasteiger partial charge is 0.543 e. The van der Waals surface area contributed by atoms with Gasteiger partial charge in [0, 0.05) is 48.0 Å². The van der Waals surface area contributed by atoms with Crippen LogP contribution >= 0.6 is 23.3 Å². The van der Waals surface area contributed by atoms with E-state index in [-0.39, 0.29) is 53.4 Å². The van der Waals surface area contributed by atoms with Gasteiger partial charge in [0.1, 0.15) is 30.5 Å². The molecular formula is C37H53N11O17S2. The first-order valence-corrected chi connectivity index (χ1v) is 22.2. The number of fused-ring (bicyclic) bond motifs is 1. The molecule has 0 saturated carbocycles. The lowest BCUT2D eigenvalue weighted by Gasteiger charge is -2.50. The van der Waals surface area contributed by atoms with Gasteiger partial charge < -0.3 is 81.8 Å². The maximum atomic E-state index is 13.5. The van der Waals surface area contributed by atoms with E-state index in [9.17, 15) is 69.9 Å². The van der Waals surface area contributed by atoms with E-state index in [2.05, 4.69) is 30.1 Å². The number of β-lactam (4-membered cyclic amide) rings is 1. The Morgan fingerprint density at radius 2 is 1.88 bits per heavy atom. The Labute approximate surface area is 388 Å². The van der Waals surface area contributed by atoms with Gasteiger partial charge in [-0.3, -0.25) is 24.8 Å². The number of Topliss-reactive ketones (excluding diaryl/α,β-unsaturated/α-hetero) is 1. The number of aliphatic imine (C=N–C) groups is 1. The molecule has 30 heteroatoms. The number of ether oxygens (including phenoxy) is 2. The SMILES string of the molecule is CC1C(CO)OC(OC(C(O)CO)C(O)C(O)C=NCCNC(=O)Nc2c[n+](CC3=C(C(=O)[O-])N4C(=O)[C@@H](CC(=O)/C(=N\OC(C)(C)C(=O)O)c5nsc(N)n5)[C@H]4SC3)n(C)c2N)C(O)C1O. The minimum absolute atomic E-state index is 0.0223. The van der Waals surface area contributed by atoms with E-state index in [1.807, 2.05) is 0 Å². The molecule has 14 N–H and O–H groups in total. The average Bonchev–Trinajstić information content (AvgIpc) is 3.83. The molecule has 0 aliphatic carbocycles. The van der Waals surface area contributed by atoms with E-state index in [1.165, 1.54) is 55.1 Å². The summed E-state index contributed by atoms with van der Waals surface area (Å²) >= 11 is 1.92. The summed E-state index contributed by atoms with van der Waals surface area (Å²) in [5.74, 6) is -6.38. The Hall–Kier alpha value is -5.41. The summed E-state index contributed by atoms with van der Waals surface area (Å²) in [6, 6.07) is -0.750. The van der Waals surface area contributed by atoms with E-state index in [0.717, 1.165) is 22.6 Å². The van der Waals surface area contributed by atoms with Crippen LogP contribution in [0.4, 0.5) is 21.4 Å². The molecule has 28 nitrogen and oxygen atoms in total. The Kier molecular flexibility index (Phi) is 17.4. The van der Waals surface area contributed by atoms with Crippen LogP contribution in [0.3, 0.4) is 0 Å². The van der Waals surface area contributed by atoms with Crippen LogP contribution < -0.4 is 31.9 Å². The van der Waals surface area contributed by atoms with Crippen LogP contribution in [0, 0.1) is 11.8 Å². The number of anilines is 3. The van der Waals surface area contributed by atoms with Gasteiger partial charge in [-0.1, -0.05) is 12.1 Å². The molecule has 11 atom stereocenters. The third kappa shape index (κ3) is 11.8. The van der Waals surface area contributed by atoms with Crippen molar-refractivity contribution in [3.05, 3.63) is 23.3 Å². The van der Waals surface area contributed by atoms with Crippen molar-refractivity contribution in [1.82, 2.24) is 24.3 Å². The lowest BCUT2D eigenvalue weighted by atomic mass is 9.89. The van der Waals surface area contributed by atoms with Crippen molar-refractivity contribution in [3.8, 4) is 0 Å². The standard InChI is InChI=1S/C37H53N11O17S2/c1-14-21(12-50)63-33(26(56)24(14)54)64-27(20(53)11-49)25(55)19(52)8-40-5-6-41-36(62)42-17-10-47(46(4)28(17)38)9-15-13-66-31-16(30(57)48(31)23(15)32(58)59)7-18(51)22(29-43-35(39)67-45-29)44-65-37(2,3)34(60)61/h8,10,14,16,19-21,24-27,31,33,38,49-50,52-56H,5-7,9,11-13H2,1-4H3,(H6,39,41,42,43,45,58,59,60,61,62)/b40-8?,44-22+/t14?,16-,19?,20?,21?,24?,25?,26?,27?,31-,33?/m1/s1. The highest BCUT2D eigenvalue weighted by Gasteiger charge is 2.53. The summed E-state index contributed by atoms with van der Waals surface area (Å²) in [4.78, 5) is 77.9. The van der Waals surface area contributed by atoms with Crippen molar-refractivity contribution >= 4 is 81.5 Å². The number of oxime groups is 1. The number of carboxylic acids is 2. The maximum absolute atomic E-state index is 13.5. The van der Waals surface area contributed by atoms with Crippen molar-refractivity contribution in [2.24, 2.45) is 29.0 Å². The van der Waals surface area contributed by atoms with Crippen LogP contribution in [0.1, 0.15) is 33.0 Å². The van der Waals surface area contributed by atoms with Gasteiger partial charge in [-0.05, 0) is 13.8 Å². The number of aliphatic carboxylic acids is 2. The van der Waals surface area contributed by atoms with Crippen LogP contribution in [0.5, 0.6) is 0 Å². The molecule has 0 aromatic carbocycles. The lowest BCUT2D eigenvalue weighted by molar-refractivity contribution is -0.765. The fourth-order valence-corrected chi connectivity index (χ4v) is 8.78. The minimum Gasteiger partial charge on any atom is -0.543 e. The average molecular weight is 988 g/mol. The highest BCUT2D eigenvalue weighted by atomic mass is 32.2. The fourth-order valence-electron chi connectivity index (χ4n) is 6.94. The molecule has 2 saturated heterocycles. The number of amides is 3. The van der Waals surface area contributed by atoms with Crippen molar-refractivity contribution in [2.45, 2.75) is 93.7 Å². The van der Waals surface area contributed by atoms with Gasteiger partial charge in [-0.25, -0.2) is 9.59 Å². The molecule has 0 bridgehead atoms. The number of ketones is 1.